The van der Waals surface area contributed by atoms with E-state index in [1.165, 1.54) is 6.07 Å². The summed E-state index contributed by atoms with van der Waals surface area (Å²) in [5.74, 6) is 2.37. The average molecular weight is 352 g/mol. The third-order valence-electron chi connectivity index (χ3n) is 3.96. The van der Waals surface area contributed by atoms with Gasteiger partial charge in [-0.05, 0) is 29.8 Å². The molecule has 1 aromatic heterocycles. The Morgan fingerprint density at radius 1 is 0.962 bits per heavy atom. The molecule has 0 fully saturated rings. The molecule has 1 aliphatic rings. The minimum Gasteiger partial charge on any atom is -0.454 e. The number of fused-ring (bicyclic) bond motifs is 1. The molecule has 2 N–H and O–H groups in total. The fourth-order valence-corrected chi connectivity index (χ4v) is 2.60. The predicted octanol–water partition coefficient (Wildman–Crippen LogP) is 3.57. The molecule has 2 aromatic carbocycles. The van der Waals surface area contributed by atoms with Crippen molar-refractivity contribution in [2.24, 2.45) is 0 Å². The summed E-state index contributed by atoms with van der Waals surface area (Å²) in [7, 11) is 0. The Bertz CT molecular complexity index is 920. The van der Waals surface area contributed by atoms with Crippen LogP contribution in [0.4, 0.5) is 16.2 Å². The highest BCUT2D eigenvalue weighted by atomic mass is 19.1. The van der Waals surface area contributed by atoms with Crippen molar-refractivity contribution in [3.8, 4) is 11.5 Å². The number of aromatic nitrogens is 2. The topological polar surface area (TPSA) is 68.3 Å². The van der Waals surface area contributed by atoms with Crippen molar-refractivity contribution in [2.45, 2.75) is 13.1 Å². The Morgan fingerprint density at radius 2 is 1.85 bits per heavy atom. The summed E-state index contributed by atoms with van der Waals surface area (Å²) in [5, 5.41) is 6.28. The van der Waals surface area contributed by atoms with E-state index in [0.29, 0.717) is 30.4 Å². The molecule has 1 aliphatic heterocycles. The molecule has 0 saturated heterocycles. The average Bonchev–Trinajstić information content (AvgIpc) is 3.14. The highest BCUT2D eigenvalue weighted by Crippen LogP contribution is 2.32. The molecule has 0 radical (unpaired) electrons. The molecular formula is C19H17FN4O2. The Kier molecular flexibility index (Phi) is 4.51. The molecule has 0 amide bonds. The largest absolute Gasteiger partial charge is 0.454 e. The molecule has 0 unspecified atom stereocenters. The number of halogens is 1. The number of nitrogens with one attached hydrogen (secondary N) is 2. The molecule has 4 rings (SSSR count). The van der Waals surface area contributed by atoms with E-state index in [1.54, 1.807) is 30.5 Å². The van der Waals surface area contributed by atoms with Gasteiger partial charge in [0.2, 0.25) is 12.7 Å². The van der Waals surface area contributed by atoms with E-state index in [1.807, 2.05) is 18.2 Å². The number of anilines is 2. The predicted molar refractivity (Wildman–Crippen MR) is 95.7 cm³/mol. The van der Waals surface area contributed by atoms with Crippen LogP contribution in [0.2, 0.25) is 0 Å². The summed E-state index contributed by atoms with van der Waals surface area (Å²) in [6, 6.07) is 14.2. The van der Waals surface area contributed by atoms with Gasteiger partial charge in [-0.25, -0.2) is 9.37 Å². The van der Waals surface area contributed by atoms with Crippen molar-refractivity contribution in [2.75, 3.05) is 17.4 Å². The minimum atomic E-state index is -0.253. The van der Waals surface area contributed by atoms with Gasteiger partial charge < -0.3 is 20.1 Å². The van der Waals surface area contributed by atoms with Crippen molar-refractivity contribution >= 4 is 11.8 Å². The van der Waals surface area contributed by atoms with Gasteiger partial charge >= 0.3 is 0 Å². The monoisotopic (exact) mass is 352 g/mol. The maximum atomic E-state index is 13.7. The van der Waals surface area contributed by atoms with Gasteiger partial charge in [0.05, 0.1) is 0 Å². The summed E-state index contributed by atoms with van der Waals surface area (Å²) in [6.45, 7) is 1.16. The highest BCUT2D eigenvalue weighted by Gasteiger charge is 2.13. The molecule has 2 heterocycles. The fraction of sp³-hybridized carbons (Fsp3) is 0.158. The molecule has 0 saturated carbocycles. The Morgan fingerprint density at radius 3 is 2.77 bits per heavy atom. The standard InChI is InChI=1S/C19H17FN4O2/c20-15-4-2-1-3-14(15)11-23-19-21-8-7-18(24-19)22-10-13-5-6-16-17(9-13)26-12-25-16/h1-9H,10-12H2,(H2,21,22,23,24). The van der Waals surface area contributed by atoms with E-state index in [9.17, 15) is 4.39 Å². The zero-order valence-electron chi connectivity index (χ0n) is 13.9. The molecule has 0 spiro atoms. The van der Waals surface area contributed by atoms with Gasteiger partial charge in [-0.3, -0.25) is 0 Å². The van der Waals surface area contributed by atoms with E-state index >= 15 is 0 Å². The zero-order valence-corrected chi connectivity index (χ0v) is 13.9. The number of hydrogen-bond acceptors (Lipinski definition) is 6. The van der Waals surface area contributed by atoms with Crippen LogP contribution in [-0.2, 0) is 13.1 Å². The molecule has 3 aromatic rings. The van der Waals surface area contributed by atoms with Crippen LogP contribution in [0.1, 0.15) is 11.1 Å². The molecule has 7 heteroatoms. The van der Waals surface area contributed by atoms with E-state index in [4.69, 9.17) is 9.47 Å². The van der Waals surface area contributed by atoms with Crippen LogP contribution in [0.5, 0.6) is 11.5 Å². The number of benzene rings is 2. The number of ether oxygens (including phenoxy) is 2. The molecule has 0 aliphatic carbocycles. The van der Waals surface area contributed by atoms with Crippen LogP contribution in [0.3, 0.4) is 0 Å². The Labute approximate surface area is 150 Å². The summed E-state index contributed by atoms with van der Waals surface area (Å²) in [5.41, 5.74) is 1.61. The quantitative estimate of drug-likeness (QED) is 0.707. The molecule has 26 heavy (non-hydrogen) atoms. The third kappa shape index (κ3) is 3.66. The first kappa shape index (κ1) is 16.1. The Hall–Kier alpha value is -3.35. The van der Waals surface area contributed by atoms with E-state index in [-0.39, 0.29) is 12.6 Å². The normalized spacial score (nSPS) is 12.0. The maximum absolute atomic E-state index is 13.7. The van der Waals surface area contributed by atoms with Gasteiger partial charge in [-0.2, -0.15) is 4.98 Å². The molecular weight excluding hydrogens is 335 g/mol. The second-order valence-corrected chi connectivity index (χ2v) is 5.75. The van der Waals surface area contributed by atoms with Gasteiger partial charge in [0.1, 0.15) is 11.6 Å². The lowest BCUT2D eigenvalue weighted by atomic mass is 10.2. The lowest BCUT2D eigenvalue weighted by Crippen LogP contribution is -2.07. The van der Waals surface area contributed by atoms with Gasteiger partial charge in [-0.1, -0.05) is 24.3 Å². The molecule has 132 valence electrons. The SMILES string of the molecule is Fc1ccccc1CNc1nccc(NCc2ccc3c(c2)OCO3)n1. The van der Waals surface area contributed by atoms with Gasteiger partial charge in [0.15, 0.2) is 11.5 Å². The minimum absolute atomic E-state index is 0.253. The van der Waals surface area contributed by atoms with Crippen LogP contribution in [-0.4, -0.2) is 16.8 Å². The first-order valence-electron chi connectivity index (χ1n) is 8.21. The third-order valence-corrected chi connectivity index (χ3v) is 3.96. The first-order valence-corrected chi connectivity index (χ1v) is 8.21. The smallest absolute Gasteiger partial charge is 0.231 e. The number of nitrogens with zero attached hydrogens (tertiary/aromatic N) is 2. The lowest BCUT2D eigenvalue weighted by Gasteiger charge is -2.09. The number of hydrogen-bond donors (Lipinski definition) is 2. The van der Waals surface area contributed by atoms with Crippen molar-refractivity contribution in [3.63, 3.8) is 0 Å². The summed E-state index contributed by atoms with van der Waals surface area (Å²) >= 11 is 0. The van der Waals surface area contributed by atoms with Gasteiger partial charge in [0, 0.05) is 24.8 Å². The first-order chi connectivity index (χ1) is 12.8. The van der Waals surface area contributed by atoms with Crippen LogP contribution < -0.4 is 20.1 Å². The van der Waals surface area contributed by atoms with Crippen LogP contribution in [0.25, 0.3) is 0 Å². The fourth-order valence-electron chi connectivity index (χ4n) is 2.60. The summed E-state index contributed by atoms with van der Waals surface area (Å²) < 4.78 is 24.3. The van der Waals surface area contributed by atoms with Crippen LogP contribution in [0, 0.1) is 5.82 Å². The number of rotatable bonds is 6. The van der Waals surface area contributed by atoms with E-state index < -0.39 is 0 Å². The summed E-state index contributed by atoms with van der Waals surface area (Å²) in [6.07, 6.45) is 1.65. The molecule has 0 atom stereocenters. The molecule has 0 bridgehead atoms. The highest BCUT2D eigenvalue weighted by molar-refractivity contribution is 5.46. The summed E-state index contributed by atoms with van der Waals surface area (Å²) in [4.78, 5) is 8.56. The second kappa shape index (κ2) is 7.26. The van der Waals surface area contributed by atoms with Gasteiger partial charge in [-0.15, -0.1) is 0 Å². The van der Waals surface area contributed by atoms with Crippen molar-refractivity contribution in [3.05, 3.63) is 71.7 Å². The maximum Gasteiger partial charge on any atom is 0.231 e. The van der Waals surface area contributed by atoms with E-state index in [0.717, 1.165) is 17.1 Å². The van der Waals surface area contributed by atoms with Crippen molar-refractivity contribution in [1.82, 2.24) is 9.97 Å². The lowest BCUT2D eigenvalue weighted by molar-refractivity contribution is 0.174. The molecule has 6 nitrogen and oxygen atoms in total. The van der Waals surface area contributed by atoms with Crippen molar-refractivity contribution in [1.29, 1.82) is 0 Å². The zero-order chi connectivity index (χ0) is 17.8. The van der Waals surface area contributed by atoms with Crippen LogP contribution in [0.15, 0.2) is 54.7 Å². The van der Waals surface area contributed by atoms with Crippen molar-refractivity contribution < 1.29 is 13.9 Å². The van der Waals surface area contributed by atoms with Crippen LogP contribution >= 0.6 is 0 Å². The van der Waals surface area contributed by atoms with E-state index in [2.05, 4.69) is 20.6 Å². The second-order valence-electron chi connectivity index (χ2n) is 5.75. The van der Waals surface area contributed by atoms with Gasteiger partial charge in [0.25, 0.3) is 0 Å². The Balaban J connectivity index is 1.37.